The second-order valence-corrected chi connectivity index (χ2v) is 10.4. The minimum absolute atomic E-state index is 0. The molecule has 0 spiro atoms. The van der Waals surface area contributed by atoms with Crippen molar-refractivity contribution in [1.82, 2.24) is 19.4 Å². The van der Waals surface area contributed by atoms with E-state index < -0.39 is 30.4 Å². The van der Waals surface area contributed by atoms with Gasteiger partial charge < -0.3 is 34.5 Å². The van der Waals surface area contributed by atoms with Gasteiger partial charge in [-0.2, -0.15) is 0 Å². The summed E-state index contributed by atoms with van der Waals surface area (Å²) in [6, 6.07) is 11.6. The van der Waals surface area contributed by atoms with Crippen molar-refractivity contribution in [3.63, 3.8) is 0 Å². The Morgan fingerprint density at radius 3 is 2.29 bits per heavy atom. The first-order valence-corrected chi connectivity index (χ1v) is 13.5. The molecule has 214 valence electrons. The van der Waals surface area contributed by atoms with Gasteiger partial charge in [0, 0.05) is 56.9 Å². The number of amides is 1. The molecule has 3 aromatic rings. The average molecular weight is 576 g/mol. The van der Waals surface area contributed by atoms with Gasteiger partial charge in [-0.25, -0.2) is 14.4 Å². The first kappa shape index (κ1) is 32.7. The number of halogens is 1. The van der Waals surface area contributed by atoms with Crippen LogP contribution in [0, 0.1) is 5.82 Å². The van der Waals surface area contributed by atoms with Gasteiger partial charge in [0.05, 0.1) is 17.9 Å². The van der Waals surface area contributed by atoms with Crippen molar-refractivity contribution in [3.05, 3.63) is 65.9 Å². The predicted molar refractivity (Wildman–Crippen MR) is 145 cm³/mol. The Morgan fingerprint density at radius 2 is 1.71 bits per heavy atom. The van der Waals surface area contributed by atoms with E-state index in [1.165, 1.54) is 12.1 Å². The zero-order valence-electron chi connectivity index (χ0n) is 23.7. The molecule has 2 atom stereocenters. The van der Waals surface area contributed by atoms with Gasteiger partial charge in [-0.3, -0.25) is 4.79 Å². The third-order valence-corrected chi connectivity index (χ3v) is 7.03. The number of rotatable bonds is 11. The molecule has 2 aromatic heterocycles. The second kappa shape index (κ2) is 14.9. The van der Waals surface area contributed by atoms with Crippen LogP contribution in [-0.2, 0) is 11.3 Å². The molecule has 0 saturated carbocycles. The molecule has 4 rings (SSSR count). The van der Waals surface area contributed by atoms with Crippen molar-refractivity contribution in [2.24, 2.45) is 0 Å². The van der Waals surface area contributed by atoms with Crippen LogP contribution in [0.5, 0.6) is 0 Å². The maximum atomic E-state index is 13.8. The Morgan fingerprint density at radius 1 is 1.02 bits per heavy atom. The van der Waals surface area contributed by atoms with Gasteiger partial charge in [-0.15, -0.1) is 0 Å². The Bertz CT molecular complexity index is 1300. The topological polar surface area (TPSA) is 135 Å². The van der Waals surface area contributed by atoms with Crippen LogP contribution in [0.25, 0.3) is 11.4 Å². The Labute approximate surface area is 261 Å². The molecule has 3 heterocycles. The molecule has 0 bridgehead atoms. The van der Waals surface area contributed by atoms with Gasteiger partial charge in [0.2, 0.25) is 0 Å². The smallest absolute Gasteiger partial charge is 0.550 e. The molecule has 10 nitrogen and oxygen atoms in total. The monoisotopic (exact) mass is 575 g/mol. The van der Waals surface area contributed by atoms with Crippen molar-refractivity contribution in [1.29, 1.82) is 0 Å². The number of imidazole rings is 1. The van der Waals surface area contributed by atoms with E-state index >= 15 is 0 Å². The molecule has 12 heteroatoms. The Balaban J connectivity index is 0.00000462. The van der Waals surface area contributed by atoms with Gasteiger partial charge in [-0.1, -0.05) is 19.9 Å². The maximum absolute atomic E-state index is 13.8. The van der Waals surface area contributed by atoms with E-state index in [2.05, 4.69) is 9.88 Å². The summed E-state index contributed by atoms with van der Waals surface area (Å²) in [5, 5.41) is 31.2. The van der Waals surface area contributed by atoms with Crippen LogP contribution in [0.1, 0.15) is 55.2 Å². The minimum atomic E-state index is -1.39. The molecule has 1 aliphatic heterocycles. The van der Waals surface area contributed by atoms with Crippen molar-refractivity contribution in [2.45, 2.75) is 57.8 Å². The molecule has 1 aliphatic rings. The second-order valence-electron chi connectivity index (χ2n) is 10.4. The van der Waals surface area contributed by atoms with Crippen LogP contribution in [0.3, 0.4) is 0 Å². The van der Waals surface area contributed by atoms with E-state index in [9.17, 15) is 29.3 Å². The number of carbonyl (C=O) groups excluding carboxylic acids is 2. The zero-order valence-corrected chi connectivity index (χ0v) is 25.7. The third-order valence-electron chi connectivity index (χ3n) is 7.03. The largest absolute Gasteiger partial charge is 1.00 e. The number of carboxylic acid groups (broad SMARTS) is 1. The molecule has 1 saturated heterocycles. The SMILES string of the molecule is CC(C)c1c(C(=O)N2CCN(c3ccccn3)CC2)nc(-c2ccc(F)cc2)n1CC[C@@H](O)C[C@@H](O)CC(=O)[O-].[Na+]. The first-order chi connectivity index (χ1) is 19.1. The molecule has 0 aliphatic carbocycles. The number of carboxylic acids is 1. The number of hydrogen-bond donors (Lipinski definition) is 2. The summed E-state index contributed by atoms with van der Waals surface area (Å²) in [6.07, 6.45) is -0.982. The van der Waals surface area contributed by atoms with Crippen LogP contribution >= 0.6 is 0 Å². The number of benzene rings is 1. The summed E-state index contributed by atoms with van der Waals surface area (Å²) in [6.45, 7) is 6.43. The number of carbonyl (C=O) groups is 2. The molecular formula is C29H35FN5NaO5. The number of nitrogens with zero attached hydrogens (tertiary/aromatic N) is 5. The number of aliphatic carboxylic acids is 1. The maximum Gasteiger partial charge on any atom is 1.00 e. The average Bonchev–Trinajstić information content (AvgIpc) is 3.32. The number of aliphatic hydroxyl groups excluding tert-OH is 2. The van der Waals surface area contributed by atoms with Gasteiger partial charge in [0.1, 0.15) is 17.5 Å². The fourth-order valence-corrected chi connectivity index (χ4v) is 5.07. The molecule has 1 aromatic carbocycles. The summed E-state index contributed by atoms with van der Waals surface area (Å²) in [5.74, 6) is -0.748. The van der Waals surface area contributed by atoms with Crippen LogP contribution in [0.4, 0.5) is 10.2 Å². The van der Waals surface area contributed by atoms with E-state index in [-0.39, 0.29) is 60.8 Å². The van der Waals surface area contributed by atoms with Gasteiger partial charge >= 0.3 is 29.6 Å². The van der Waals surface area contributed by atoms with Crippen LogP contribution in [0.2, 0.25) is 0 Å². The van der Waals surface area contributed by atoms with Crippen molar-refractivity contribution >= 4 is 17.7 Å². The zero-order chi connectivity index (χ0) is 28.8. The number of aromatic nitrogens is 3. The van der Waals surface area contributed by atoms with Gasteiger partial charge in [0.25, 0.3) is 5.91 Å². The van der Waals surface area contributed by atoms with E-state index in [0.717, 1.165) is 5.82 Å². The summed E-state index contributed by atoms with van der Waals surface area (Å²) in [4.78, 5) is 37.7. The number of anilines is 1. The first-order valence-electron chi connectivity index (χ1n) is 13.5. The summed E-state index contributed by atoms with van der Waals surface area (Å²) >= 11 is 0. The Hall–Kier alpha value is -2.83. The van der Waals surface area contributed by atoms with E-state index in [1.54, 1.807) is 23.2 Å². The number of piperazine rings is 1. The third kappa shape index (κ3) is 8.36. The molecule has 0 unspecified atom stereocenters. The molecule has 1 fully saturated rings. The normalized spacial score (nSPS) is 15.0. The fourth-order valence-electron chi connectivity index (χ4n) is 5.07. The minimum Gasteiger partial charge on any atom is -0.550 e. The van der Waals surface area contributed by atoms with E-state index in [0.29, 0.717) is 49.0 Å². The summed E-state index contributed by atoms with van der Waals surface area (Å²) in [7, 11) is 0. The molecular weight excluding hydrogens is 540 g/mol. The van der Waals surface area contributed by atoms with Crippen molar-refractivity contribution in [3.8, 4) is 11.4 Å². The Kier molecular flexibility index (Phi) is 11.9. The quantitative estimate of drug-likeness (QED) is 0.273. The number of aliphatic hydroxyl groups is 2. The van der Waals surface area contributed by atoms with Crippen molar-refractivity contribution in [2.75, 3.05) is 31.1 Å². The molecule has 41 heavy (non-hydrogen) atoms. The fraction of sp³-hybridized carbons (Fsp3) is 0.448. The predicted octanol–water partition coefficient (Wildman–Crippen LogP) is -1.18. The molecule has 2 N–H and O–H groups in total. The van der Waals surface area contributed by atoms with E-state index in [4.69, 9.17) is 4.98 Å². The summed E-state index contributed by atoms with van der Waals surface area (Å²) in [5.41, 5.74) is 1.62. The number of hydrogen-bond acceptors (Lipinski definition) is 8. The standard InChI is InChI=1S/C29H36FN5O5.Na/c1-19(2)27-26(29(40)34-15-13-33(14-16-34)24-5-3-4-11-31-24)32-28(20-6-8-21(30)9-7-20)35(27)12-10-22(36)17-23(37)18-25(38)39;/h3-9,11,19,22-23,36-37H,10,12-18H2,1-2H3,(H,38,39);/q;+1/p-1/t22-,23-;/m1./s1. The van der Waals surface area contributed by atoms with Crippen LogP contribution < -0.4 is 39.6 Å². The van der Waals surface area contributed by atoms with Crippen molar-refractivity contribution < 1.29 is 58.9 Å². The van der Waals surface area contributed by atoms with Gasteiger partial charge in [0.15, 0.2) is 5.69 Å². The van der Waals surface area contributed by atoms with E-state index in [1.807, 2.05) is 36.6 Å². The van der Waals surface area contributed by atoms with Gasteiger partial charge in [-0.05, 0) is 55.2 Å². The number of pyridine rings is 1. The molecule has 1 amide bonds. The summed E-state index contributed by atoms with van der Waals surface area (Å²) < 4.78 is 15.6. The molecule has 0 radical (unpaired) electrons. The van der Waals surface area contributed by atoms with Crippen LogP contribution in [-0.4, -0.2) is 79.9 Å². The van der Waals surface area contributed by atoms with Crippen LogP contribution in [0.15, 0.2) is 48.7 Å².